The number of H-pyrrole nitrogens is 1. The Balaban J connectivity index is 1.78. The van der Waals surface area contributed by atoms with Crippen molar-refractivity contribution in [2.45, 2.75) is 16.3 Å². The Kier molecular flexibility index (Phi) is 3.85. The van der Waals surface area contributed by atoms with Gasteiger partial charge in [-0.25, -0.2) is 13.1 Å². The number of aromatic nitrogens is 5. The van der Waals surface area contributed by atoms with Gasteiger partial charge in [0.2, 0.25) is 9.84 Å². The summed E-state index contributed by atoms with van der Waals surface area (Å²) in [6.07, 6.45) is 5.99. The van der Waals surface area contributed by atoms with E-state index in [0.29, 0.717) is 16.5 Å². The molecule has 3 aromatic heterocycles. The second kappa shape index (κ2) is 6.19. The maximum absolute atomic E-state index is 12.7. The van der Waals surface area contributed by atoms with Gasteiger partial charge < -0.3 is 0 Å². The van der Waals surface area contributed by atoms with Crippen molar-refractivity contribution in [2.75, 3.05) is 0 Å². The minimum atomic E-state index is -3.69. The first-order valence-corrected chi connectivity index (χ1v) is 9.18. The predicted octanol–water partition coefficient (Wildman–Crippen LogP) is 1.40. The van der Waals surface area contributed by atoms with Gasteiger partial charge in [0.15, 0.2) is 0 Å². The zero-order valence-electron chi connectivity index (χ0n) is 13.4. The zero-order chi connectivity index (χ0) is 18.1. The van der Waals surface area contributed by atoms with Crippen LogP contribution >= 0.6 is 0 Å². The van der Waals surface area contributed by atoms with Crippen LogP contribution in [0, 0.1) is 0 Å². The fourth-order valence-corrected chi connectivity index (χ4v) is 3.91. The summed E-state index contributed by atoms with van der Waals surface area (Å²) in [5.41, 5.74) is 0.370. The largest absolute Gasteiger partial charge is 0.285 e. The fraction of sp³-hybridized carbons (Fsp3) is 0.0588. The molecule has 0 saturated heterocycles. The van der Waals surface area contributed by atoms with E-state index in [1.807, 2.05) is 0 Å². The van der Waals surface area contributed by atoms with Crippen molar-refractivity contribution in [1.82, 2.24) is 25.0 Å². The van der Waals surface area contributed by atoms with Crippen LogP contribution in [-0.4, -0.2) is 33.4 Å². The second-order valence-corrected chi connectivity index (χ2v) is 7.56. The van der Waals surface area contributed by atoms with E-state index in [1.165, 1.54) is 53.6 Å². The van der Waals surface area contributed by atoms with Gasteiger partial charge in [-0.3, -0.25) is 14.9 Å². The SMILES string of the molecule is O=c1c2ccc(S(=O)(=O)c3ccncc3)cc2cnn1Cc1cc[nH]n1. The molecule has 26 heavy (non-hydrogen) atoms. The molecular formula is C17H13N5O3S. The van der Waals surface area contributed by atoms with E-state index in [2.05, 4.69) is 20.3 Å². The monoisotopic (exact) mass is 367 g/mol. The standard InChI is InChI=1S/C17H13N5O3S/c23-17-16-2-1-15(26(24,25)14-4-6-18-7-5-14)9-12(16)10-20-22(17)11-13-3-8-19-21-13/h1-10H,11H2,(H,19,21). The van der Waals surface area contributed by atoms with Crippen LogP contribution in [0.15, 0.2) is 75.8 Å². The van der Waals surface area contributed by atoms with Gasteiger partial charge in [0.05, 0.1) is 33.6 Å². The molecule has 4 rings (SSSR count). The average molecular weight is 367 g/mol. The molecule has 4 aromatic rings. The van der Waals surface area contributed by atoms with Crippen LogP contribution in [-0.2, 0) is 16.4 Å². The first kappa shape index (κ1) is 16.2. The molecule has 9 heteroatoms. The van der Waals surface area contributed by atoms with E-state index in [9.17, 15) is 13.2 Å². The predicted molar refractivity (Wildman–Crippen MR) is 93.4 cm³/mol. The fourth-order valence-electron chi connectivity index (χ4n) is 2.63. The number of nitrogens with one attached hydrogen (secondary N) is 1. The highest BCUT2D eigenvalue weighted by atomic mass is 32.2. The summed E-state index contributed by atoms with van der Waals surface area (Å²) in [6.45, 7) is 0.231. The molecule has 0 radical (unpaired) electrons. The zero-order valence-corrected chi connectivity index (χ0v) is 14.2. The lowest BCUT2D eigenvalue weighted by molar-refractivity contribution is 0.596. The number of nitrogens with zero attached hydrogens (tertiary/aromatic N) is 4. The van der Waals surface area contributed by atoms with Crippen LogP contribution in [0.2, 0.25) is 0 Å². The first-order chi connectivity index (χ1) is 12.6. The number of benzene rings is 1. The first-order valence-electron chi connectivity index (χ1n) is 7.69. The van der Waals surface area contributed by atoms with Gasteiger partial charge in [-0.15, -0.1) is 0 Å². The molecule has 130 valence electrons. The molecule has 0 aliphatic rings. The van der Waals surface area contributed by atoms with Crippen molar-refractivity contribution >= 4 is 20.6 Å². The van der Waals surface area contributed by atoms with Gasteiger partial charge in [-0.2, -0.15) is 10.2 Å². The Bertz CT molecular complexity index is 1230. The van der Waals surface area contributed by atoms with Crippen LogP contribution in [0.5, 0.6) is 0 Å². The summed E-state index contributed by atoms with van der Waals surface area (Å²) < 4.78 is 26.7. The number of pyridine rings is 1. The van der Waals surface area contributed by atoms with Gasteiger partial charge in [0, 0.05) is 24.0 Å². The summed E-state index contributed by atoms with van der Waals surface area (Å²) in [4.78, 5) is 16.7. The molecule has 0 aliphatic carbocycles. The Hall–Kier alpha value is -3.33. The molecule has 0 unspecified atom stereocenters. The van der Waals surface area contributed by atoms with Crippen LogP contribution < -0.4 is 5.56 Å². The van der Waals surface area contributed by atoms with E-state index in [-0.39, 0.29) is 21.9 Å². The lowest BCUT2D eigenvalue weighted by atomic mass is 10.2. The Labute approximate surface area is 148 Å². The van der Waals surface area contributed by atoms with E-state index >= 15 is 0 Å². The maximum Gasteiger partial charge on any atom is 0.274 e. The third-order valence-corrected chi connectivity index (χ3v) is 5.73. The van der Waals surface area contributed by atoms with Crippen molar-refractivity contribution in [3.63, 3.8) is 0 Å². The van der Waals surface area contributed by atoms with Gasteiger partial charge >= 0.3 is 0 Å². The molecule has 0 spiro atoms. The minimum Gasteiger partial charge on any atom is -0.285 e. The number of hydrogen-bond acceptors (Lipinski definition) is 6. The Morgan fingerprint density at radius 1 is 1.04 bits per heavy atom. The van der Waals surface area contributed by atoms with Gasteiger partial charge in [0.1, 0.15) is 0 Å². The van der Waals surface area contributed by atoms with Crippen molar-refractivity contribution < 1.29 is 8.42 Å². The van der Waals surface area contributed by atoms with Crippen LogP contribution in [0.4, 0.5) is 0 Å². The second-order valence-electron chi connectivity index (χ2n) is 5.61. The summed E-state index contributed by atoms with van der Waals surface area (Å²) in [5.74, 6) is 0. The number of hydrogen-bond donors (Lipinski definition) is 1. The quantitative estimate of drug-likeness (QED) is 0.584. The molecule has 3 heterocycles. The normalized spacial score (nSPS) is 11.7. The van der Waals surface area contributed by atoms with Gasteiger partial charge in [-0.05, 0) is 36.4 Å². The highest BCUT2D eigenvalue weighted by molar-refractivity contribution is 7.91. The number of aromatic amines is 1. The van der Waals surface area contributed by atoms with E-state index in [4.69, 9.17) is 0 Å². The molecule has 0 saturated carbocycles. The van der Waals surface area contributed by atoms with Gasteiger partial charge in [0.25, 0.3) is 5.56 Å². The summed E-state index contributed by atoms with van der Waals surface area (Å²) in [7, 11) is -3.69. The van der Waals surface area contributed by atoms with E-state index in [0.717, 1.165) is 0 Å². The third kappa shape index (κ3) is 2.78. The molecule has 0 atom stereocenters. The van der Waals surface area contributed by atoms with Crippen LogP contribution in [0.25, 0.3) is 10.8 Å². The highest BCUT2D eigenvalue weighted by Crippen LogP contribution is 2.22. The molecule has 0 aliphatic heterocycles. The molecule has 1 aromatic carbocycles. The summed E-state index contributed by atoms with van der Waals surface area (Å²) in [6, 6.07) is 9.01. The van der Waals surface area contributed by atoms with E-state index < -0.39 is 9.84 Å². The number of sulfone groups is 1. The number of fused-ring (bicyclic) bond motifs is 1. The lowest BCUT2D eigenvalue weighted by Crippen LogP contribution is -2.23. The molecular weight excluding hydrogens is 354 g/mol. The van der Waals surface area contributed by atoms with Crippen molar-refractivity contribution in [2.24, 2.45) is 0 Å². The molecule has 8 nitrogen and oxygen atoms in total. The van der Waals surface area contributed by atoms with Crippen LogP contribution in [0.1, 0.15) is 5.69 Å². The summed E-state index contributed by atoms with van der Waals surface area (Å²) in [5, 5.41) is 11.7. The topological polar surface area (TPSA) is 111 Å². The third-order valence-electron chi connectivity index (χ3n) is 3.96. The van der Waals surface area contributed by atoms with Crippen LogP contribution in [0.3, 0.4) is 0 Å². The van der Waals surface area contributed by atoms with Crippen molar-refractivity contribution in [3.05, 3.63) is 77.2 Å². The Morgan fingerprint density at radius 3 is 2.58 bits per heavy atom. The smallest absolute Gasteiger partial charge is 0.274 e. The minimum absolute atomic E-state index is 0.0995. The molecule has 0 bridgehead atoms. The van der Waals surface area contributed by atoms with E-state index in [1.54, 1.807) is 12.3 Å². The van der Waals surface area contributed by atoms with Crippen molar-refractivity contribution in [1.29, 1.82) is 0 Å². The highest BCUT2D eigenvalue weighted by Gasteiger charge is 2.18. The van der Waals surface area contributed by atoms with Gasteiger partial charge in [-0.1, -0.05) is 0 Å². The van der Waals surface area contributed by atoms with Crippen molar-refractivity contribution in [3.8, 4) is 0 Å². The summed E-state index contributed by atoms with van der Waals surface area (Å²) >= 11 is 0. The molecule has 1 N–H and O–H groups in total. The number of rotatable bonds is 4. The molecule has 0 amide bonds. The Morgan fingerprint density at radius 2 is 1.85 bits per heavy atom. The average Bonchev–Trinajstić information content (AvgIpc) is 3.17. The lowest BCUT2D eigenvalue weighted by Gasteiger charge is -2.07. The maximum atomic E-state index is 12.7. The molecule has 0 fully saturated rings.